The molecule has 2 heteroatoms. The van der Waals surface area contributed by atoms with Crippen molar-refractivity contribution < 1.29 is 0 Å². The Balaban J connectivity index is 2.80. The summed E-state index contributed by atoms with van der Waals surface area (Å²) in [6, 6.07) is 0. The Bertz CT molecular complexity index is 261. The maximum atomic E-state index is 4.52. The lowest BCUT2D eigenvalue weighted by molar-refractivity contribution is 0.347. The molecule has 0 unspecified atom stereocenters. The van der Waals surface area contributed by atoms with Gasteiger partial charge in [0, 0.05) is 30.9 Å². The molecule has 1 heterocycles. The number of aliphatic imine (C=N–C) groups is 1. The van der Waals surface area contributed by atoms with E-state index in [0.29, 0.717) is 0 Å². The lowest BCUT2D eigenvalue weighted by Gasteiger charge is -2.24. The fraction of sp³-hybridized carbons (Fsp3) is 0.545. The third-order valence-corrected chi connectivity index (χ3v) is 2.34. The van der Waals surface area contributed by atoms with Gasteiger partial charge in [0.15, 0.2) is 0 Å². The fourth-order valence-electron chi connectivity index (χ4n) is 1.50. The van der Waals surface area contributed by atoms with E-state index in [9.17, 15) is 0 Å². The third kappa shape index (κ3) is 2.81. The lowest BCUT2D eigenvalue weighted by Crippen LogP contribution is -2.26. The van der Waals surface area contributed by atoms with Crippen molar-refractivity contribution in [3.8, 4) is 0 Å². The molecule has 72 valence electrons. The summed E-state index contributed by atoms with van der Waals surface area (Å²) in [6.45, 7) is 10.0. The molecule has 1 aliphatic heterocycles. The second-order valence-electron chi connectivity index (χ2n) is 3.67. The van der Waals surface area contributed by atoms with Crippen molar-refractivity contribution in [3.05, 3.63) is 23.9 Å². The summed E-state index contributed by atoms with van der Waals surface area (Å²) < 4.78 is 0. The maximum Gasteiger partial charge on any atom is 0.0421 e. The smallest absolute Gasteiger partial charge is 0.0421 e. The van der Waals surface area contributed by atoms with Crippen LogP contribution < -0.4 is 0 Å². The molecule has 2 nitrogen and oxygen atoms in total. The SMILES string of the molecule is C=CC(C)=NC1=C(C)CN(C)CC1. The highest BCUT2D eigenvalue weighted by Gasteiger charge is 2.11. The highest BCUT2D eigenvalue weighted by Crippen LogP contribution is 2.17. The molecule has 0 saturated heterocycles. The van der Waals surface area contributed by atoms with E-state index in [1.807, 2.05) is 6.92 Å². The normalized spacial score (nSPS) is 20.7. The molecule has 0 aliphatic carbocycles. The number of hydrogen-bond donors (Lipinski definition) is 0. The molecule has 0 aromatic heterocycles. The van der Waals surface area contributed by atoms with E-state index in [2.05, 4.69) is 30.4 Å². The van der Waals surface area contributed by atoms with Gasteiger partial charge in [-0.25, -0.2) is 0 Å². The Hall–Kier alpha value is -0.890. The van der Waals surface area contributed by atoms with E-state index in [4.69, 9.17) is 0 Å². The zero-order chi connectivity index (χ0) is 9.84. The van der Waals surface area contributed by atoms with Crippen molar-refractivity contribution in [2.24, 2.45) is 4.99 Å². The van der Waals surface area contributed by atoms with Crippen molar-refractivity contribution in [2.75, 3.05) is 20.1 Å². The van der Waals surface area contributed by atoms with Crippen LogP contribution in [0.2, 0.25) is 0 Å². The fourth-order valence-corrected chi connectivity index (χ4v) is 1.50. The van der Waals surface area contributed by atoms with Gasteiger partial charge in [-0.05, 0) is 32.5 Å². The topological polar surface area (TPSA) is 15.6 Å². The van der Waals surface area contributed by atoms with E-state index >= 15 is 0 Å². The monoisotopic (exact) mass is 178 g/mol. The number of allylic oxidation sites excluding steroid dienone is 1. The van der Waals surface area contributed by atoms with Crippen molar-refractivity contribution in [3.63, 3.8) is 0 Å². The summed E-state index contributed by atoms with van der Waals surface area (Å²) in [6.07, 6.45) is 2.87. The van der Waals surface area contributed by atoms with Crippen LogP contribution >= 0.6 is 0 Å². The molecule has 1 aliphatic rings. The van der Waals surface area contributed by atoms with Crippen molar-refractivity contribution in [1.82, 2.24) is 4.90 Å². The quantitative estimate of drug-likeness (QED) is 0.592. The first-order chi connectivity index (χ1) is 6.13. The largest absolute Gasteiger partial charge is 0.302 e. The summed E-state index contributed by atoms with van der Waals surface area (Å²) in [5.74, 6) is 0. The Morgan fingerprint density at radius 3 is 2.85 bits per heavy atom. The first kappa shape index (κ1) is 10.2. The lowest BCUT2D eigenvalue weighted by atomic mass is 10.1. The molecule has 0 N–H and O–H groups in total. The number of likely N-dealkylation sites (N-methyl/N-ethyl adjacent to an activating group) is 1. The van der Waals surface area contributed by atoms with E-state index in [1.165, 1.54) is 11.3 Å². The van der Waals surface area contributed by atoms with Crippen LogP contribution in [0.15, 0.2) is 28.9 Å². The van der Waals surface area contributed by atoms with Gasteiger partial charge in [-0.2, -0.15) is 0 Å². The van der Waals surface area contributed by atoms with Crippen LogP contribution in [-0.4, -0.2) is 30.7 Å². The van der Waals surface area contributed by atoms with Gasteiger partial charge in [0.05, 0.1) is 0 Å². The predicted molar refractivity (Wildman–Crippen MR) is 58.1 cm³/mol. The predicted octanol–water partition coefficient (Wildman–Crippen LogP) is 2.24. The van der Waals surface area contributed by atoms with Crippen molar-refractivity contribution >= 4 is 5.71 Å². The minimum absolute atomic E-state index is 1.01. The van der Waals surface area contributed by atoms with E-state index in [1.54, 1.807) is 6.08 Å². The first-order valence-electron chi connectivity index (χ1n) is 4.68. The van der Waals surface area contributed by atoms with Crippen LogP contribution in [0.4, 0.5) is 0 Å². The average Bonchev–Trinajstić information content (AvgIpc) is 2.09. The Kier molecular flexibility index (Phi) is 3.43. The van der Waals surface area contributed by atoms with Gasteiger partial charge in [0.25, 0.3) is 0 Å². The first-order valence-corrected chi connectivity index (χ1v) is 4.68. The molecule has 0 radical (unpaired) electrons. The van der Waals surface area contributed by atoms with Gasteiger partial charge < -0.3 is 4.90 Å². The van der Waals surface area contributed by atoms with Gasteiger partial charge >= 0.3 is 0 Å². The summed E-state index contributed by atoms with van der Waals surface area (Å²) in [7, 11) is 2.14. The van der Waals surface area contributed by atoms with Gasteiger partial charge in [-0.3, -0.25) is 4.99 Å². The Morgan fingerprint density at radius 1 is 1.62 bits per heavy atom. The third-order valence-electron chi connectivity index (χ3n) is 2.34. The minimum atomic E-state index is 1.01. The molecule has 0 spiro atoms. The van der Waals surface area contributed by atoms with Crippen LogP contribution in [0.3, 0.4) is 0 Å². The summed E-state index contributed by atoms with van der Waals surface area (Å²) in [4.78, 5) is 6.84. The Morgan fingerprint density at radius 2 is 2.31 bits per heavy atom. The summed E-state index contributed by atoms with van der Waals surface area (Å²) in [5.41, 5.74) is 3.64. The molecule has 0 saturated carbocycles. The Labute approximate surface area is 80.7 Å². The van der Waals surface area contributed by atoms with Crippen LogP contribution in [-0.2, 0) is 0 Å². The molecular weight excluding hydrogens is 160 g/mol. The zero-order valence-corrected chi connectivity index (χ0v) is 8.80. The van der Waals surface area contributed by atoms with Crippen LogP contribution in [0, 0.1) is 0 Å². The standard InChI is InChI=1S/C11H18N2/c1-5-10(3)12-11-6-7-13(4)8-9(11)2/h5H,1,6-8H2,2-4H3. The molecule has 0 aromatic carbocycles. The van der Waals surface area contributed by atoms with Gasteiger partial charge in [0.2, 0.25) is 0 Å². The average molecular weight is 178 g/mol. The van der Waals surface area contributed by atoms with Gasteiger partial charge in [-0.1, -0.05) is 6.58 Å². The van der Waals surface area contributed by atoms with Gasteiger partial charge in [-0.15, -0.1) is 0 Å². The molecule has 0 amide bonds. The summed E-state index contributed by atoms with van der Waals surface area (Å²) >= 11 is 0. The second kappa shape index (κ2) is 4.38. The number of nitrogens with zero attached hydrogens (tertiary/aromatic N) is 2. The van der Waals surface area contributed by atoms with E-state index in [-0.39, 0.29) is 0 Å². The molecule has 13 heavy (non-hydrogen) atoms. The van der Waals surface area contributed by atoms with Crippen LogP contribution in [0.25, 0.3) is 0 Å². The molecule has 1 rings (SSSR count). The number of rotatable bonds is 2. The summed E-state index contributed by atoms with van der Waals surface area (Å²) in [5, 5.41) is 0. The second-order valence-corrected chi connectivity index (χ2v) is 3.67. The van der Waals surface area contributed by atoms with E-state index < -0.39 is 0 Å². The number of hydrogen-bond acceptors (Lipinski definition) is 2. The van der Waals surface area contributed by atoms with Crippen molar-refractivity contribution in [1.29, 1.82) is 0 Å². The minimum Gasteiger partial charge on any atom is -0.302 e. The molecule has 0 aromatic rings. The highest BCUT2D eigenvalue weighted by atomic mass is 15.1. The molecular formula is C11H18N2. The van der Waals surface area contributed by atoms with Crippen LogP contribution in [0.5, 0.6) is 0 Å². The molecule has 0 atom stereocenters. The van der Waals surface area contributed by atoms with Crippen LogP contribution in [0.1, 0.15) is 20.3 Å². The molecule has 0 fully saturated rings. The zero-order valence-electron chi connectivity index (χ0n) is 8.80. The molecule has 0 bridgehead atoms. The van der Waals surface area contributed by atoms with E-state index in [0.717, 1.165) is 25.2 Å². The highest BCUT2D eigenvalue weighted by molar-refractivity contribution is 5.93. The maximum absolute atomic E-state index is 4.52. The van der Waals surface area contributed by atoms with Gasteiger partial charge in [0.1, 0.15) is 0 Å². The van der Waals surface area contributed by atoms with Crippen molar-refractivity contribution in [2.45, 2.75) is 20.3 Å².